The lowest BCUT2D eigenvalue weighted by Crippen LogP contribution is -2.37. The summed E-state index contributed by atoms with van der Waals surface area (Å²) < 4.78 is 28.3. The van der Waals surface area contributed by atoms with Gasteiger partial charge in [0.1, 0.15) is 11.6 Å². The molecule has 1 aliphatic carbocycles. The van der Waals surface area contributed by atoms with E-state index in [1.165, 1.54) is 18.6 Å². The van der Waals surface area contributed by atoms with Crippen LogP contribution in [-0.2, 0) is 6.42 Å². The van der Waals surface area contributed by atoms with E-state index in [1.807, 2.05) is 0 Å². The SMILES string of the molecule is CC1CCCC(CN)(Cc2c(F)ccc(Br)c2F)C1. The summed E-state index contributed by atoms with van der Waals surface area (Å²) in [6, 6.07) is 2.73. The maximum atomic E-state index is 14.1. The lowest BCUT2D eigenvalue weighted by Gasteiger charge is -2.39. The van der Waals surface area contributed by atoms with E-state index in [2.05, 4.69) is 22.9 Å². The number of hydrogen-bond acceptors (Lipinski definition) is 1. The second-order valence-electron chi connectivity index (χ2n) is 5.90. The van der Waals surface area contributed by atoms with Gasteiger partial charge in [0, 0.05) is 5.56 Å². The Hall–Kier alpha value is -0.480. The van der Waals surface area contributed by atoms with Gasteiger partial charge in [0.15, 0.2) is 0 Å². The minimum absolute atomic E-state index is 0.153. The summed E-state index contributed by atoms with van der Waals surface area (Å²) in [6.45, 7) is 2.68. The van der Waals surface area contributed by atoms with Crippen molar-refractivity contribution in [2.45, 2.75) is 39.0 Å². The van der Waals surface area contributed by atoms with Crippen LogP contribution >= 0.6 is 15.9 Å². The van der Waals surface area contributed by atoms with Crippen LogP contribution in [0.3, 0.4) is 0 Å². The van der Waals surface area contributed by atoms with E-state index in [1.54, 1.807) is 0 Å². The zero-order chi connectivity index (χ0) is 14.0. The molecule has 1 fully saturated rings. The smallest absolute Gasteiger partial charge is 0.143 e. The van der Waals surface area contributed by atoms with Crippen molar-refractivity contribution < 1.29 is 8.78 Å². The summed E-state index contributed by atoms with van der Waals surface area (Å²) in [5, 5.41) is 0. The van der Waals surface area contributed by atoms with E-state index in [4.69, 9.17) is 5.73 Å². The standard InChI is InChI=1S/C15H20BrF2N/c1-10-3-2-6-15(7-10,9-19)8-11-13(17)5-4-12(16)14(11)18/h4-5,10H,2-3,6-9,19H2,1H3. The first kappa shape index (κ1) is 14.9. The van der Waals surface area contributed by atoms with Crippen LogP contribution in [0.5, 0.6) is 0 Å². The second-order valence-corrected chi connectivity index (χ2v) is 6.76. The average molecular weight is 332 g/mol. The van der Waals surface area contributed by atoms with Gasteiger partial charge in [0.25, 0.3) is 0 Å². The molecule has 2 N–H and O–H groups in total. The molecule has 106 valence electrons. The fourth-order valence-corrected chi connectivity index (χ4v) is 3.66. The Balaban J connectivity index is 2.30. The molecule has 0 saturated heterocycles. The van der Waals surface area contributed by atoms with Crippen molar-refractivity contribution in [3.8, 4) is 0 Å². The first-order chi connectivity index (χ1) is 8.97. The third kappa shape index (κ3) is 3.16. The largest absolute Gasteiger partial charge is 0.330 e. The average Bonchev–Trinajstić information content (AvgIpc) is 2.39. The van der Waals surface area contributed by atoms with Crippen molar-refractivity contribution in [2.75, 3.05) is 6.54 Å². The first-order valence-electron chi connectivity index (χ1n) is 6.80. The van der Waals surface area contributed by atoms with Crippen molar-refractivity contribution in [1.82, 2.24) is 0 Å². The fraction of sp³-hybridized carbons (Fsp3) is 0.600. The molecular weight excluding hydrogens is 312 g/mol. The van der Waals surface area contributed by atoms with Gasteiger partial charge in [0.05, 0.1) is 4.47 Å². The van der Waals surface area contributed by atoms with Gasteiger partial charge in [-0.3, -0.25) is 0 Å². The number of benzene rings is 1. The Morgan fingerprint density at radius 3 is 2.79 bits per heavy atom. The predicted octanol–water partition coefficient (Wildman–Crippen LogP) is 4.43. The number of nitrogens with two attached hydrogens (primary N) is 1. The molecule has 2 rings (SSSR count). The van der Waals surface area contributed by atoms with Crippen molar-refractivity contribution in [3.05, 3.63) is 33.8 Å². The Bertz CT molecular complexity index is 464. The Labute approximate surface area is 121 Å². The quantitative estimate of drug-likeness (QED) is 0.815. The van der Waals surface area contributed by atoms with E-state index in [0.717, 1.165) is 19.3 Å². The van der Waals surface area contributed by atoms with Crippen molar-refractivity contribution in [1.29, 1.82) is 0 Å². The summed E-state index contributed by atoms with van der Waals surface area (Å²) in [7, 11) is 0. The van der Waals surface area contributed by atoms with E-state index in [-0.39, 0.29) is 11.0 Å². The van der Waals surface area contributed by atoms with E-state index in [0.29, 0.717) is 23.4 Å². The predicted molar refractivity (Wildman–Crippen MR) is 76.9 cm³/mol. The summed E-state index contributed by atoms with van der Waals surface area (Å²) in [5.41, 5.74) is 5.95. The molecule has 0 heterocycles. The molecule has 2 atom stereocenters. The fourth-order valence-electron chi connectivity index (χ4n) is 3.29. The molecule has 4 heteroatoms. The van der Waals surface area contributed by atoms with Gasteiger partial charge >= 0.3 is 0 Å². The van der Waals surface area contributed by atoms with Crippen LogP contribution in [0.1, 0.15) is 38.2 Å². The van der Waals surface area contributed by atoms with Crippen molar-refractivity contribution in [2.24, 2.45) is 17.1 Å². The minimum atomic E-state index is -0.481. The molecule has 1 nitrogen and oxygen atoms in total. The minimum Gasteiger partial charge on any atom is -0.330 e. The zero-order valence-corrected chi connectivity index (χ0v) is 12.8. The summed E-state index contributed by atoms with van der Waals surface area (Å²) in [6.07, 6.45) is 4.58. The summed E-state index contributed by atoms with van der Waals surface area (Å²) in [5.74, 6) is -0.367. The van der Waals surface area contributed by atoms with Crippen LogP contribution in [0.15, 0.2) is 16.6 Å². The molecule has 19 heavy (non-hydrogen) atoms. The molecule has 0 radical (unpaired) electrons. The van der Waals surface area contributed by atoms with Gasteiger partial charge in [-0.05, 0) is 65.2 Å². The molecule has 0 amide bonds. The molecule has 1 aromatic carbocycles. The van der Waals surface area contributed by atoms with Gasteiger partial charge < -0.3 is 5.73 Å². The van der Waals surface area contributed by atoms with Crippen LogP contribution in [0.2, 0.25) is 0 Å². The summed E-state index contributed by atoms with van der Waals surface area (Å²) >= 11 is 3.12. The third-order valence-electron chi connectivity index (χ3n) is 4.31. The van der Waals surface area contributed by atoms with Crippen LogP contribution in [0.4, 0.5) is 8.78 Å². The van der Waals surface area contributed by atoms with Crippen LogP contribution in [0, 0.1) is 23.0 Å². The molecule has 0 spiro atoms. The van der Waals surface area contributed by atoms with Crippen LogP contribution in [0.25, 0.3) is 0 Å². The van der Waals surface area contributed by atoms with E-state index in [9.17, 15) is 8.78 Å². The zero-order valence-electron chi connectivity index (χ0n) is 11.2. The highest BCUT2D eigenvalue weighted by Gasteiger charge is 2.35. The first-order valence-corrected chi connectivity index (χ1v) is 7.59. The third-order valence-corrected chi connectivity index (χ3v) is 4.92. The molecule has 0 aliphatic heterocycles. The lowest BCUT2D eigenvalue weighted by molar-refractivity contribution is 0.151. The van der Waals surface area contributed by atoms with Gasteiger partial charge in [-0.25, -0.2) is 8.78 Å². The number of rotatable bonds is 3. The highest BCUT2D eigenvalue weighted by molar-refractivity contribution is 9.10. The topological polar surface area (TPSA) is 26.0 Å². The molecule has 1 aromatic rings. The Kier molecular flexibility index (Phi) is 4.62. The molecule has 2 unspecified atom stereocenters. The van der Waals surface area contributed by atoms with Crippen molar-refractivity contribution in [3.63, 3.8) is 0 Å². The molecule has 0 aromatic heterocycles. The second kappa shape index (κ2) is 5.88. The normalized spacial score (nSPS) is 27.5. The Morgan fingerprint density at radius 1 is 1.42 bits per heavy atom. The van der Waals surface area contributed by atoms with Crippen molar-refractivity contribution >= 4 is 15.9 Å². The van der Waals surface area contributed by atoms with E-state index >= 15 is 0 Å². The van der Waals surface area contributed by atoms with E-state index < -0.39 is 11.6 Å². The lowest BCUT2D eigenvalue weighted by atomic mass is 9.67. The van der Waals surface area contributed by atoms with Gasteiger partial charge in [-0.2, -0.15) is 0 Å². The number of halogens is 3. The van der Waals surface area contributed by atoms with Gasteiger partial charge in [-0.15, -0.1) is 0 Å². The maximum Gasteiger partial charge on any atom is 0.143 e. The molecule has 0 bridgehead atoms. The van der Waals surface area contributed by atoms with Gasteiger partial charge in [0.2, 0.25) is 0 Å². The molecule has 1 saturated carbocycles. The van der Waals surface area contributed by atoms with Crippen LogP contribution in [-0.4, -0.2) is 6.54 Å². The number of hydrogen-bond donors (Lipinski definition) is 1. The maximum absolute atomic E-state index is 14.1. The summed E-state index contributed by atoms with van der Waals surface area (Å²) in [4.78, 5) is 0. The van der Waals surface area contributed by atoms with Crippen LogP contribution < -0.4 is 5.73 Å². The molecular formula is C15H20BrF2N. The Morgan fingerprint density at radius 2 is 2.16 bits per heavy atom. The highest BCUT2D eigenvalue weighted by atomic mass is 79.9. The monoisotopic (exact) mass is 331 g/mol. The molecule has 1 aliphatic rings. The highest BCUT2D eigenvalue weighted by Crippen LogP contribution is 2.42. The van der Waals surface area contributed by atoms with Gasteiger partial charge in [-0.1, -0.05) is 19.8 Å².